The third kappa shape index (κ3) is 9.13. The molecule has 3 aromatic rings. The number of aldehydes is 1. The number of carbonyl (C=O) groups is 5. The van der Waals surface area contributed by atoms with Gasteiger partial charge in [-0.1, -0.05) is 86.6 Å². The van der Waals surface area contributed by atoms with Crippen LogP contribution in [0, 0.1) is 11.8 Å². The number of hydrogen-bond donors (Lipinski definition) is 4. The molecule has 0 spiro atoms. The van der Waals surface area contributed by atoms with Crippen molar-refractivity contribution < 1.29 is 28.7 Å². The summed E-state index contributed by atoms with van der Waals surface area (Å²) in [5.41, 5.74) is 1.64. The number of ether oxygens (including phenoxy) is 1. The number of benzene rings is 3. The molecule has 10 nitrogen and oxygen atoms in total. The summed E-state index contributed by atoms with van der Waals surface area (Å²) in [6.07, 6.45) is 1.07. The van der Waals surface area contributed by atoms with Crippen molar-refractivity contribution in [3.05, 3.63) is 83.9 Å². The Morgan fingerprint density at radius 3 is 2.32 bits per heavy atom. The van der Waals surface area contributed by atoms with E-state index in [2.05, 4.69) is 21.3 Å². The van der Waals surface area contributed by atoms with E-state index in [0.29, 0.717) is 25.7 Å². The SMILES string of the molecule is CC(C)C[C@H](NC(=O)[C@H](Cc1cccc2ccccc12)NC(=O)OCc1ccccc1)C(=O)NC(C=O)C[C@@H]1CCNC1=O. The van der Waals surface area contributed by atoms with Gasteiger partial charge in [-0.15, -0.1) is 0 Å². The number of carbonyl (C=O) groups excluding carboxylic acids is 5. The second kappa shape index (κ2) is 15.7. The maximum atomic E-state index is 13.8. The molecule has 4 N–H and O–H groups in total. The van der Waals surface area contributed by atoms with E-state index in [1.54, 1.807) is 0 Å². The number of rotatable bonds is 14. The van der Waals surface area contributed by atoms with E-state index in [0.717, 1.165) is 21.9 Å². The Morgan fingerprint density at radius 1 is 0.909 bits per heavy atom. The normalized spacial score (nSPS) is 16.4. The lowest BCUT2D eigenvalue weighted by Crippen LogP contribution is -2.56. The Labute approximate surface area is 257 Å². The van der Waals surface area contributed by atoms with Gasteiger partial charge in [0.1, 0.15) is 25.0 Å². The van der Waals surface area contributed by atoms with Crippen molar-refractivity contribution in [1.29, 1.82) is 0 Å². The molecule has 4 rings (SSSR count). The highest BCUT2D eigenvalue weighted by Gasteiger charge is 2.32. The van der Waals surface area contributed by atoms with Crippen LogP contribution in [0.3, 0.4) is 0 Å². The summed E-state index contributed by atoms with van der Waals surface area (Å²) in [6.45, 7) is 4.40. The van der Waals surface area contributed by atoms with E-state index in [1.807, 2.05) is 86.6 Å². The summed E-state index contributed by atoms with van der Waals surface area (Å²) in [4.78, 5) is 63.9. The summed E-state index contributed by atoms with van der Waals surface area (Å²) < 4.78 is 5.41. The van der Waals surface area contributed by atoms with Crippen LogP contribution in [0.25, 0.3) is 10.8 Å². The minimum absolute atomic E-state index is 0.0275. The van der Waals surface area contributed by atoms with Gasteiger partial charge in [0.2, 0.25) is 17.7 Å². The first kappa shape index (κ1) is 32.2. The van der Waals surface area contributed by atoms with E-state index in [-0.39, 0.29) is 37.2 Å². The molecule has 4 atom stereocenters. The molecule has 4 amide bonds. The molecule has 10 heteroatoms. The van der Waals surface area contributed by atoms with Gasteiger partial charge in [0, 0.05) is 18.9 Å². The Balaban J connectivity index is 1.50. The molecule has 44 heavy (non-hydrogen) atoms. The highest BCUT2D eigenvalue weighted by atomic mass is 16.5. The van der Waals surface area contributed by atoms with Gasteiger partial charge in [0.05, 0.1) is 6.04 Å². The molecular weight excluding hydrogens is 560 g/mol. The molecule has 1 unspecified atom stereocenters. The van der Waals surface area contributed by atoms with Crippen LogP contribution < -0.4 is 21.3 Å². The standard InChI is InChI=1S/C34H40N4O6/c1-22(2)17-29(32(41)36-27(20-39)18-26-15-16-35-31(26)40)37-33(42)30(38-34(43)44-21-23-9-4-3-5-10-23)19-25-13-8-12-24-11-6-7-14-28(24)25/h3-14,20,22,26-27,29-30H,15-19,21H2,1-2H3,(H,35,40)(H,36,41)(H,37,42)(H,38,43)/t26-,27?,29-,30-/m0/s1. The largest absolute Gasteiger partial charge is 0.445 e. The topological polar surface area (TPSA) is 143 Å². The third-order valence-corrected chi connectivity index (χ3v) is 7.66. The van der Waals surface area contributed by atoms with Crippen LogP contribution in [0.2, 0.25) is 0 Å². The zero-order valence-electron chi connectivity index (χ0n) is 25.1. The van der Waals surface area contributed by atoms with Crippen molar-refractivity contribution in [2.75, 3.05) is 6.54 Å². The van der Waals surface area contributed by atoms with Gasteiger partial charge >= 0.3 is 6.09 Å². The zero-order chi connectivity index (χ0) is 31.5. The van der Waals surface area contributed by atoms with Gasteiger partial charge < -0.3 is 30.8 Å². The van der Waals surface area contributed by atoms with Crippen LogP contribution in [-0.2, 0) is 36.9 Å². The van der Waals surface area contributed by atoms with Crippen molar-refractivity contribution in [3.8, 4) is 0 Å². The first-order valence-electron chi connectivity index (χ1n) is 15.0. The van der Waals surface area contributed by atoms with Gasteiger partial charge in [0.15, 0.2) is 0 Å². The lowest BCUT2D eigenvalue weighted by molar-refractivity contribution is -0.131. The Kier molecular flexibility index (Phi) is 11.5. The molecule has 232 valence electrons. The van der Waals surface area contributed by atoms with Crippen LogP contribution in [0.15, 0.2) is 72.8 Å². The van der Waals surface area contributed by atoms with Gasteiger partial charge in [-0.25, -0.2) is 4.79 Å². The first-order chi connectivity index (χ1) is 21.2. The van der Waals surface area contributed by atoms with E-state index >= 15 is 0 Å². The van der Waals surface area contributed by atoms with Crippen molar-refractivity contribution >= 4 is 40.9 Å². The fourth-order valence-corrected chi connectivity index (χ4v) is 5.39. The van der Waals surface area contributed by atoms with Gasteiger partial charge in [-0.3, -0.25) is 14.4 Å². The number of fused-ring (bicyclic) bond motifs is 1. The molecule has 1 fully saturated rings. The Bertz CT molecular complexity index is 1460. The van der Waals surface area contributed by atoms with E-state index in [4.69, 9.17) is 4.74 Å². The van der Waals surface area contributed by atoms with Crippen LogP contribution in [0.1, 0.15) is 44.2 Å². The lowest BCUT2D eigenvalue weighted by Gasteiger charge is -2.26. The van der Waals surface area contributed by atoms with Crippen molar-refractivity contribution in [3.63, 3.8) is 0 Å². The highest BCUT2D eigenvalue weighted by molar-refractivity contribution is 5.93. The smallest absolute Gasteiger partial charge is 0.408 e. The molecule has 1 aliphatic rings. The fourth-order valence-electron chi connectivity index (χ4n) is 5.39. The van der Waals surface area contributed by atoms with Crippen LogP contribution in [0.5, 0.6) is 0 Å². The Morgan fingerprint density at radius 2 is 1.61 bits per heavy atom. The van der Waals surface area contributed by atoms with E-state index in [9.17, 15) is 24.0 Å². The third-order valence-electron chi connectivity index (χ3n) is 7.66. The molecule has 0 radical (unpaired) electrons. The summed E-state index contributed by atoms with van der Waals surface area (Å²) in [7, 11) is 0. The first-order valence-corrected chi connectivity index (χ1v) is 15.0. The predicted molar refractivity (Wildman–Crippen MR) is 166 cm³/mol. The number of alkyl carbamates (subject to hydrolysis) is 1. The lowest BCUT2D eigenvalue weighted by atomic mass is 9.97. The van der Waals surface area contributed by atoms with Gasteiger partial charge in [-0.2, -0.15) is 0 Å². The second-order valence-corrected chi connectivity index (χ2v) is 11.6. The number of amides is 4. The second-order valence-electron chi connectivity index (χ2n) is 11.6. The maximum Gasteiger partial charge on any atom is 0.408 e. The molecule has 0 saturated carbocycles. The van der Waals surface area contributed by atoms with Crippen LogP contribution >= 0.6 is 0 Å². The van der Waals surface area contributed by atoms with Gasteiger partial charge in [0.25, 0.3) is 0 Å². The van der Waals surface area contributed by atoms with Crippen molar-refractivity contribution in [2.24, 2.45) is 11.8 Å². The maximum absolute atomic E-state index is 13.8. The minimum atomic E-state index is -1.06. The van der Waals surface area contributed by atoms with E-state index in [1.165, 1.54) is 0 Å². The zero-order valence-corrected chi connectivity index (χ0v) is 25.1. The molecular formula is C34H40N4O6. The van der Waals surface area contributed by atoms with Crippen molar-refractivity contribution in [1.82, 2.24) is 21.3 Å². The fraction of sp³-hybridized carbons (Fsp3) is 0.382. The van der Waals surface area contributed by atoms with Crippen LogP contribution in [0.4, 0.5) is 4.79 Å². The average Bonchev–Trinajstić information content (AvgIpc) is 3.43. The molecule has 1 heterocycles. The number of hydrogen-bond acceptors (Lipinski definition) is 6. The summed E-state index contributed by atoms with van der Waals surface area (Å²) >= 11 is 0. The molecule has 0 aromatic heterocycles. The molecule has 3 aromatic carbocycles. The molecule has 0 aliphatic carbocycles. The molecule has 1 aliphatic heterocycles. The number of nitrogens with one attached hydrogen (secondary N) is 4. The van der Waals surface area contributed by atoms with E-state index < -0.39 is 36.0 Å². The summed E-state index contributed by atoms with van der Waals surface area (Å²) in [6, 6.07) is 19.8. The quantitative estimate of drug-likeness (QED) is 0.209. The average molecular weight is 601 g/mol. The summed E-state index contributed by atoms with van der Waals surface area (Å²) in [5.74, 6) is -1.56. The minimum Gasteiger partial charge on any atom is -0.445 e. The molecule has 1 saturated heterocycles. The summed E-state index contributed by atoms with van der Waals surface area (Å²) in [5, 5.41) is 12.9. The Hall–Kier alpha value is -4.73. The highest BCUT2D eigenvalue weighted by Crippen LogP contribution is 2.21. The predicted octanol–water partition coefficient (Wildman–Crippen LogP) is 3.42. The van der Waals surface area contributed by atoms with Crippen molar-refractivity contribution in [2.45, 2.75) is 64.3 Å². The molecule has 0 bridgehead atoms. The van der Waals surface area contributed by atoms with Gasteiger partial charge in [-0.05, 0) is 47.1 Å². The van der Waals surface area contributed by atoms with Crippen LogP contribution in [-0.4, -0.2) is 54.8 Å². The monoisotopic (exact) mass is 600 g/mol.